The molecule has 0 bridgehead atoms. The fourth-order valence-electron chi connectivity index (χ4n) is 2.82. The van der Waals surface area contributed by atoms with Gasteiger partial charge < -0.3 is 20.7 Å². The second-order valence-electron chi connectivity index (χ2n) is 6.45. The number of amides is 1. The summed E-state index contributed by atoms with van der Waals surface area (Å²) in [5.74, 6) is 1.45. The predicted molar refractivity (Wildman–Crippen MR) is 96.3 cm³/mol. The molecule has 0 saturated heterocycles. The van der Waals surface area contributed by atoms with Crippen molar-refractivity contribution in [2.45, 2.75) is 45.8 Å². The molecule has 6 nitrogen and oxygen atoms in total. The maximum atomic E-state index is 11.7. The molecular formula is C18H28N4O2. The Morgan fingerprint density at radius 3 is 2.67 bits per heavy atom. The monoisotopic (exact) mass is 332 g/mol. The molecule has 0 aliphatic carbocycles. The Morgan fingerprint density at radius 1 is 1.25 bits per heavy atom. The average molecular weight is 332 g/mol. The molecule has 132 valence electrons. The molecule has 1 aliphatic rings. The van der Waals surface area contributed by atoms with Gasteiger partial charge in [-0.05, 0) is 33.8 Å². The number of hydrogen-bond donors (Lipinski definition) is 3. The number of nitrogens with one attached hydrogen (secondary N) is 3. The maximum Gasteiger partial charge on any atom is 0.241 e. The third-order valence-electron chi connectivity index (χ3n) is 3.79. The minimum absolute atomic E-state index is 0.0805. The molecule has 3 N–H and O–H groups in total. The summed E-state index contributed by atoms with van der Waals surface area (Å²) in [6, 6.07) is 8.12. The smallest absolute Gasteiger partial charge is 0.241 e. The lowest BCUT2D eigenvalue weighted by Gasteiger charge is -2.38. The number of nitrogens with zero attached hydrogens (tertiary/aromatic N) is 1. The first kappa shape index (κ1) is 18.1. The molecule has 0 spiro atoms. The highest BCUT2D eigenvalue weighted by atomic mass is 16.5. The van der Waals surface area contributed by atoms with Gasteiger partial charge in [-0.2, -0.15) is 0 Å². The molecule has 0 saturated carbocycles. The van der Waals surface area contributed by atoms with Gasteiger partial charge in [0, 0.05) is 25.1 Å². The van der Waals surface area contributed by atoms with E-state index in [1.807, 2.05) is 32.0 Å². The molecule has 6 heteroatoms. The van der Waals surface area contributed by atoms with Gasteiger partial charge in [-0.1, -0.05) is 18.2 Å². The Balaban J connectivity index is 2.16. The van der Waals surface area contributed by atoms with Crippen LogP contribution in [0, 0.1) is 0 Å². The molecule has 0 radical (unpaired) electrons. The number of carbonyl (C=O) groups excluding carboxylic acids is 1. The van der Waals surface area contributed by atoms with Gasteiger partial charge in [-0.3, -0.25) is 4.79 Å². The third-order valence-corrected chi connectivity index (χ3v) is 3.79. The highest BCUT2D eigenvalue weighted by Crippen LogP contribution is 2.39. The van der Waals surface area contributed by atoms with Gasteiger partial charge in [0.15, 0.2) is 5.96 Å². The van der Waals surface area contributed by atoms with Gasteiger partial charge in [0.1, 0.15) is 17.9 Å². The molecular weight excluding hydrogens is 304 g/mol. The molecule has 1 aliphatic heterocycles. The molecule has 1 aromatic carbocycles. The number of fused-ring (bicyclic) bond motifs is 1. The summed E-state index contributed by atoms with van der Waals surface area (Å²) in [7, 11) is 0. The van der Waals surface area contributed by atoms with Crippen molar-refractivity contribution in [3.8, 4) is 5.75 Å². The fraction of sp³-hybridized carbons (Fsp3) is 0.556. The standard InChI is InChI=1S/C18H28N4O2/c1-5-19-16(23)12-21-17(20-6-2)22-14-11-18(3,4)24-15-10-8-7-9-13(14)15/h7-10,14H,5-6,11-12H2,1-4H3,(H,19,23)(H2,20,21,22). The van der Waals surface area contributed by atoms with Crippen LogP contribution in [0.5, 0.6) is 5.75 Å². The van der Waals surface area contributed by atoms with Crippen molar-refractivity contribution >= 4 is 11.9 Å². The van der Waals surface area contributed by atoms with Crippen molar-refractivity contribution in [2.75, 3.05) is 19.6 Å². The van der Waals surface area contributed by atoms with Crippen molar-refractivity contribution < 1.29 is 9.53 Å². The Morgan fingerprint density at radius 2 is 1.96 bits per heavy atom. The van der Waals surface area contributed by atoms with E-state index in [2.05, 4.69) is 40.9 Å². The predicted octanol–water partition coefficient (Wildman–Crippen LogP) is 1.98. The molecule has 24 heavy (non-hydrogen) atoms. The summed E-state index contributed by atoms with van der Waals surface area (Å²) in [6.45, 7) is 9.51. The number of hydrogen-bond acceptors (Lipinski definition) is 3. The number of benzene rings is 1. The van der Waals surface area contributed by atoms with E-state index in [-0.39, 0.29) is 24.1 Å². The number of guanidine groups is 1. The number of para-hydroxylation sites is 1. The van der Waals surface area contributed by atoms with Crippen LogP contribution >= 0.6 is 0 Å². The zero-order valence-electron chi connectivity index (χ0n) is 15.0. The van der Waals surface area contributed by atoms with Crippen LogP contribution in [0.3, 0.4) is 0 Å². The van der Waals surface area contributed by atoms with Crippen LogP contribution < -0.4 is 20.7 Å². The van der Waals surface area contributed by atoms with Crippen LogP contribution in [0.15, 0.2) is 29.3 Å². The minimum Gasteiger partial charge on any atom is -0.487 e. The summed E-state index contributed by atoms with van der Waals surface area (Å²) in [4.78, 5) is 16.0. The van der Waals surface area contributed by atoms with E-state index < -0.39 is 0 Å². The Hall–Kier alpha value is -2.24. The first-order valence-electron chi connectivity index (χ1n) is 8.54. The quantitative estimate of drug-likeness (QED) is 0.569. The number of ether oxygens (including phenoxy) is 1. The number of rotatable bonds is 5. The zero-order chi connectivity index (χ0) is 17.6. The van der Waals surface area contributed by atoms with E-state index in [0.29, 0.717) is 12.5 Å². The van der Waals surface area contributed by atoms with Gasteiger partial charge in [-0.15, -0.1) is 0 Å². The highest BCUT2D eigenvalue weighted by Gasteiger charge is 2.33. The van der Waals surface area contributed by atoms with Gasteiger partial charge in [0.2, 0.25) is 5.91 Å². The van der Waals surface area contributed by atoms with Gasteiger partial charge in [0.05, 0.1) is 6.04 Å². The van der Waals surface area contributed by atoms with E-state index in [0.717, 1.165) is 24.3 Å². The topological polar surface area (TPSA) is 74.8 Å². The van der Waals surface area contributed by atoms with Crippen LogP contribution in [0.4, 0.5) is 0 Å². The van der Waals surface area contributed by atoms with Crippen molar-refractivity contribution in [1.82, 2.24) is 16.0 Å². The Kier molecular flexibility index (Phi) is 6.06. The third kappa shape index (κ3) is 4.88. The zero-order valence-corrected chi connectivity index (χ0v) is 15.0. The van der Waals surface area contributed by atoms with E-state index in [4.69, 9.17) is 4.74 Å². The van der Waals surface area contributed by atoms with Gasteiger partial charge in [0.25, 0.3) is 0 Å². The lowest BCUT2D eigenvalue weighted by atomic mass is 9.90. The van der Waals surface area contributed by atoms with Crippen LogP contribution in [-0.4, -0.2) is 37.1 Å². The summed E-state index contributed by atoms with van der Waals surface area (Å²) < 4.78 is 6.06. The first-order chi connectivity index (χ1) is 11.4. The fourth-order valence-corrected chi connectivity index (χ4v) is 2.82. The minimum atomic E-state index is -0.261. The molecule has 1 aromatic rings. The summed E-state index contributed by atoms with van der Waals surface area (Å²) >= 11 is 0. The second kappa shape index (κ2) is 8.04. The van der Waals surface area contributed by atoms with Crippen LogP contribution in [-0.2, 0) is 4.79 Å². The molecule has 1 unspecified atom stereocenters. The summed E-state index contributed by atoms with van der Waals surface area (Å²) in [5.41, 5.74) is 0.851. The molecule has 1 amide bonds. The van der Waals surface area contributed by atoms with Crippen LogP contribution in [0.25, 0.3) is 0 Å². The second-order valence-corrected chi connectivity index (χ2v) is 6.45. The molecule has 0 aromatic heterocycles. The molecule has 2 rings (SSSR count). The average Bonchev–Trinajstić information content (AvgIpc) is 2.52. The van der Waals surface area contributed by atoms with E-state index in [1.54, 1.807) is 0 Å². The summed E-state index contributed by atoms with van der Waals surface area (Å²) in [5, 5.41) is 9.40. The van der Waals surface area contributed by atoms with E-state index >= 15 is 0 Å². The van der Waals surface area contributed by atoms with Gasteiger partial charge >= 0.3 is 0 Å². The van der Waals surface area contributed by atoms with Crippen LogP contribution in [0.1, 0.15) is 45.7 Å². The number of carbonyl (C=O) groups is 1. The van der Waals surface area contributed by atoms with Crippen molar-refractivity contribution in [3.63, 3.8) is 0 Å². The molecule has 1 heterocycles. The largest absolute Gasteiger partial charge is 0.487 e. The maximum absolute atomic E-state index is 11.7. The molecule has 1 atom stereocenters. The van der Waals surface area contributed by atoms with E-state index in [1.165, 1.54) is 0 Å². The van der Waals surface area contributed by atoms with Crippen LogP contribution in [0.2, 0.25) is 0 Å². The highest BCUT2D eigenvalue weighted by molar-refractivity contribution is 5.85. The van der Waals surface area contributed by atoms with Crippen molar-refractivity contribution in [3.05, 3.63) is 29.8 Å². The van der Waals surface area contributed by atoms with E-state index in [9.17, 15) is 4.79 Å². The SMILES string of the molecule is CCNC(=O)CN=C(NCC)NC1CC(C)(C)Oc2ccccc21. The first-order valence-corrected chi connectivity index (χ1v) is 8.54. The lowest BCUT2D eigenvalue weighted by molar-refractivity contribution is -0.119. The Labute approximate surface area is 144 Å². The van der Waals surface area contributed by atoms with Crippen molar-refractivity contribution in [2.24, 2.45) is 4.99 Å². The number of likely N-dealkylation sites (N-methyl/N-ethyl adjacent to an activating group) is 1. The summed E-state index contributed by atoms with van der Waals surface area (Å²) in [6.07, 6.45) is 0.815. The molecule has 0 fully saturated rings. The lowest BCUT2D eigenvalue weighted by Crippen LogP contribution is -2.45. The normalized spacial score (nSPS) is 19.0. The number of aliphatic imine (C=N–C) groups is 1. The Bertz CT molecular complexity index is 598. The van der Waals surface area contributed by atoms with Crippen molar-refractivity contribution in [1.29, 1.82) is 0 Å². The van der Waals surface area contributed by atoms with Gasteiger partial charge in [-0.25, -0.2) is 4.99 Å².